The highest BCUT2D eigenvalue weighted by molar-refractivity contribution is 5.55. The molecule has 0 radical (unpaired) electrons. The molecule has 1 heterocycles. The fourth-order valence-electron chi connectivity index (χ4n) is 2.85. The SMILES string of the molecule is CNC(C)c1ccccc1N1CCN(CCN(C)C)CC1. The van der Waals surface area contributed by atoms with Crippen LogP contribution in [0.25, 0.3) is 0 Å². The van der Waals surface area contributed by atoms with Gasteiger partial charge in [0.2, 0.25) is 0 Å². The first-order chi connectivity index (χ1) is 10.1. The molecule has 2 rings (SSSR count). The highest BCUT2D eigenvalue weighted by Gasteiger charge is 2.20. The number of nitrogens with one attached hydrogen (secondary N) is 1. The van der Waals surface area contributed by atoms with Gasteiger partial charge in [-0.1, -0.05) is 18.2 Å². The van der Waals surface area contributed by atoms with E-state index in [0.29, 0.717) is 6.04 Å². The number of piperazine rings is 1. The van der Waals surface area contributed by atoms with Gasteiger partial charge in [-0.2, -0.15) is 0 Å². The fraction of sp³-hybridized carbons (Fsp3) is 0.647. The highest BCUT2D eigenvalue weighted by atomic mass is 15.3. The summed E-state index contributed by atoms with van der Waals surface area (Å²) in [6, 6.07) is 9.20. The molecule has 4 heteroatoms. The van der Waals surface area contributed by atoms with E-state index in [0.717, 1.165) is 32.7 Å². The van der Waals surface area contributed by atoms with Crippen molar-refractivity contribution in [2.45, 2.75) is 13.0 Å². The number of rotatable bonds is 6. The first kappa shape index (κ1) is 16.3. The smallest absolute Gasteiger partial charge is 0.0415 e. The van der Waals surface area contributed by atoms with Gasteiger partial charge in [0.05, 0.1) is 0 Å². The predicted octanol–water partition coefficient (Wildman–Crippen LogP) is 1.65. The summed E-state index contributed by atoms with van der Waals surface area (Å²) in [7, 11) is 6.32. The molecular weight excluding hydrogens is 260 g/mol. The molecule has 0 saturated carbocycles. The van der Waals surface area contributed by atoms with Crippen LogP contribution in [-0.4, -0.2) is 70.2 Å². The second-order valence-electron chi connectivity index (χ2n) is 6.20. The number of hydrogen-bond donors (Lipinski definition) is 1. The van der Waals surface area contributed by atoms with Crippen molar-refractivity contribution in [3.8, 4) is 0 Å². The van der Waals surface area contributed by atoms with Crippen molar-refractivity contribution in [3.63, 3.8) is 0 Å². The lowest BCUT2D eigenvalue weighted by atomic mass is 10.0. The van der Waals surface area contributed by atoms with Crippen molar-refractivity contribution in [1.29, 1.82) is 0 Å². The predicted molar refractivity (Wildman–Crippen MR) is 91.1 cm³/mol. The maximum Gasteiger partial charge on any atom is 0.0415 e. The number of benzene rings is 1. The molecule has 1 saturated heterocycles. The van der Waals surface area contributed by atoms with Crippen molar-refractivity contribution in [3.05, 3.63) is 29.8 Å². The van der Waals surface area contributed by atoms with Crippen LogP contribution in [0.5, 0.6) is 0 Å². The van der Waals surface area contributed by atoms with Gasteiger partial charge in [-0.05, 0) is 39.7 Å². The van der Waals surface area contributed by atoms with Gasteiger partial charge in [0.1, 0.15) is 0 Å². The Morgan fingerprint density at radius 2 is 1.81 bits per heavy atom. The molecule has 21 heavy (non-hydrogen) atoms. The summed E-state index contributed by atoms with van der Waals surface area (Å²) < 4.78 is 0. The zero-order valence-corrected chi connectivity index (χ0v) is 14.0. The van der Waals surface area contributed by atoms with Gasteiger partial charge in [0.25, 0.3) is 0 Å². The van der Waals surface area contributed by atoms with Crippen LogP contribution in [0.2, 0.25) is 0 Å². The van der Waals surface area contributed by atoms with Crippen molar-refractivity contribution in [2.24, 2.45) is 0 Å². The van der Waals surface area contributed by atoms with Crippen LogP contribution in [0, 0.1) is 0 Å². The number of para-hydroxylation sites is 1. The van der Waals surface area contributed by atoms with Gasteiger partial charge in [-0.15, -0.1) is 0 Å². The minimum atomic E-state index is 0.396. The molecule has 0 amide bonds. The van der Waals surface area contributed by atoms with Crippen molar-refractivity contribution in [2.75, 3.05) is 65.3 Å². The molecule has 0 aliphatic carbocycles. The Labute approximate surface area is 129 Å². The second kappa shape index (κ2) is 7.78. The Morgan fingerprint density at radius 3 is 2.43 bits per heavy atom. The topological polar surface area (TPSA) is 21.8 Å². The zero-order valence-electron chi connectivity index (χ0n) is 14.0. The highest BCUT2D eigenvalue weighted by Crippen LogP contribution is 2.26. The lowest BCUT2D eigenvalue weighted by Gasteiger charge is -2.38. The normalized spacial score (nSPS) is 18.2. The van der Waals surface area contributed by atoms with Gasteiger partial charge >= 0.3 is 0 Å². The largest absolute Gasteiger partial charge is 0.369 e. The third kappa shape index (κ3) is 4.43. The van der Waals surface area contributed by atoms with Crippen molar-refractivity contribution >= 4 is 5.69 Å². The molecule has 4 nitrogen and oxygen atoms in total. The maximum atomic E-state index is 3.36. The average Bonchev–Trinajstić information content (AvgIpc) is 2.52. The molecule has 1 aromatic carbocycles. The summed E-state index contributed by atoms with van der Waals surface area (Å²) >= 11 is 0. The third-order valence-electron chi connectivity index (χ3n) is 4.41. The van der Waals surface area contributed by atoms with E-state index in [-0.39, 0.29) is 0 Å². The summed E-state index contributed by atoms with van der Waals surface area (Å²) in [5, 5.41) is 3.36. The average molecular weight is 290 g/mol. The summed E-state index contributed by atoms with van der Waals surface area (Å²) in [6.07, 6.45) is 0. The molecule has 1 atom stereocenters. The third-order valence-corrected chi connectivity index (χ3v) is 4.41. The fourth-order valence-corrected chi connectivity index (χ4v) is 2.85. The van der Waals surface area contributed by atoms with Crippen molar-refractivity contribution < 1.29 is 0 Å². The molecule has 1 aliphatic rings. The molecule has 1 fully saturated rings. The Bertz CT molecular complexity index is 425. The quantitative estimate of drug-likeness (QED) is 0.860. The van der Waals surface area contributed by atoms with Gasteiger partial charge in [0.15, 0.2) is 0 Å². The molecule has 118 valence electrons. The molecule has 0 bridgehead atoms. The van der Waals surface area contributed by atoms with Gasteiger partial charge < -0.3 is 15.1 Å². The van der Waals surface area contributed by atoms with Gasteiger partial charge in [0, 0.05) is 51.0 Å². The van der Waals surface area contributed by atoms with E-state index in [1.54, 1.807) is 0 Å². The first-order valence-electron chi connectivity index (χ1n) is 8.00. The molecule has 1 aliphatic heterocycles. The van der Waals surface area contributed by atoms with E-state index in [2.05, 4.69) is 65.3 Å². The maximum absolute atomic E-state index is 3.36. The van der Waals surface area contributed by atoms with Gasteiger partial charge in [-0.25, -0.2) is 0 Å². The monoisotopic (exact) mass is 290 g/mol. The number of hydrogen-bond acceptors (Lipinski definition) is 4. The minimum Gasteiger partial charge on any atom is -0.369 e. The summed E-state index contributed by atoms with van der Waals surface area (Å²) in [6.45, 7) is 9.13. The van der Waals surface area contributed by atoms with E-state index in [9.17, 15) is 0 Å². The first-order valence-corrected chi connectivity index (χ1v) is 8.00. The van der Waals surface area contributed by atoms with E-state index in [1.807, 2.05) is 7.05 Å². The Kier molecular flexibility index (Phi) is 6.03. The molecular formula is C17H30N4. The van der Waals surface area contributed by atoms with Crippen molar-refractivity contribution in [1.82, 2.24) is 15.1 Å². The van der Waals surface area contributed by atoms with E-state index < -0.39 is 0 Å². The lowest BCUT2D eigenvalue weighted by molar-refractivity contribution is 0.229. The van der Waals surface area contributed by atoms with Crippen LogP contribution in [-0.2, 0) is 0 Å². The molecule has 1 aromatic rings. The summed E-state index contributed by atoms with van der Waals surface area (Å²) in [5.41, 5.74) is 2.80. The Balaban J connectivity index is 1.96. The lowest BCUT2D eigenvalue weighted by Crippen LogP contribution is -2.48. The molecule has 0 spiro atoms. The van der Waals surface area contributed by atoms with E-state index in [1.165, 1.54) is 17.8 Å². The van der Waals surface area contributed by atoms with E-state index >= 15 is 0 Å². The second-order valence-corrected chi connectivity index (χ2v) is 6.20. The Morgan fingerprint density at radius 1 is 1.14 bits per heavy atom. The molecule has 0 aromatic heterocycles. The summed E-state index contributed by atoms with van der Waals surface area (Å²) in [5.74, 6) is 0. The van der Waals surface area contributed by atoms with Crippen LogP contribution in [0.3, 0.4) is 0 Å². The van der Waals surface area contributed by atoms with Gasteiger partial charge in [-0.3, -0.25) is 4.90 Å². The van der Waals surface area contributed by atoms with Crippen LogP contribution >= 0.6 is 0 Å². The molecule has 1 unspecified atom stereocenters. The number of anilines is 1. The van der Waals surface area contributed by atoms with Crippen LogP contribution in [0.4, 0.5) is 5.69 Å². The molecule has 1 N–H and O–H groups in total. The zero-order chi connectivity index (χ0) is 15.2. The minimum absolute atomic E-state index is 0.396. The van der Waals surface area contributed by atoms with Crippen LogP contribution in [0.15, 0.2) is 24.3 Å². The Hall–Kier alpha value is -1.10. The number of nitrogens with zero attached hydrogens (tertiary/aromatic N) is 3. The standard InChI is InChI=1S/C17H30N4/c1-15(18-2)16-7-5-6-8-17(16)21-13-11-20(12-14-21)10-9-19(3)4/h5-8,15,18H,9-14H2,1-4H3. The van der Waals surface area contributed by atoms with Crippen LogP contribution < -0.4 is 10.2 Å². The van der Waals surface area contributed by atoms with E-state index in [4.69, 9.17) is 0 Å². The van der Waals surface area contributed by atoms with Crippen LogP contribution in [0.1, 0.15) is 18.5 Å². The number of likely N-dealkylation sites (N-methyl/N-ethyl adjacent to an activating group) is 1. The summed E-state index contributed by atoms with van der Waals surface area (Å²) in [4.78, 5) is 7.37.